The van der Waals surface area contributed by atoms with Crippen LogP contribution in [0.15, 0.2) is 0 Å². The number of carbonyl (C=O) groups is 1. The quantitative estimate of drug-likeness (QED) is 0.684. The number of methoxy groups -OCH3 is 1. The van der Waals surface area contributed by atoms with Gasteiger partial charge < -0.3 is 14.2 Å². The van der Waals surface area contributed by atoms with Crippen LogP contribution >= 0.6 is 0 Å². The Bertz CT molecular complexity index is 284. The molecule has 0 spiro atoms. The van der Waals surface area contributed by atoms with E-state index in [1.54, 1.807) is 7.11 Å². The molecular weight excluding hydrogens is 232 g/mol. The highest BCUT2D eigenvalue weighted by molar-refractivity contribution is 5.72. The molecule has 104 valence electrons. The second-order valence-electron chi connectivity index (χ2n) is 5.50. The molecule has 2 rings (SSSR count). The minimum Gasteiger partial charge on any atom is -0.462 e. The van der Waals surface area contributed by atoms with Crippen molar-refractivity contribution >= 4 is 5.97 Å². The summed E-state index contributed by atoms with van der Waals surface area (Å²) in [5, 5.41) is 0. The highest BCUT2D eigenvalue weighted by atomic mass is 16.6. The first-order valence-electron chi connectivity index (χ1n) is 7.02. The Morgan fingerprint density at radius 1 is 1.44 bits per heavy atom. The average Bonchev–Trinajstić information content (AvgIpc) is 3.17. The van der Waals surface area contributed by atoms with Crippen molar-refractivity contribution in [3.63, 3.8) is 0 Å². The van der Waals surface area contributed by atoms with Crippen LogP contribution in [-0.4, -0.2) is 38.0 Å². The molecule has 2 fully saturated rings. The van der Waals surface area contributed by atoms with Crippen LogP contribution in [0.1, 0.15) is 45.4 Å². The zero-order valence-corrected chi connectivity index (χ0v) is 11.4. The maximum absolute atomic E-state index is 12.0. The van der Waals surface area contributed by atoms with E-state index < -0.39 is 0 Å². The van der Waals surface area contributed by atoms with Crippen LogP contribution in [0.25, 0.3) is 0 Å². The molecule has 0 radical (unpaired) electrons. The van der Waals surface area contributed by atoms with Gasteiger partial charge in [0.05, 0.1) is 12.0 Å². The fraction of sp³-hybridized carbons (Fsp3) is 0.929. The lowest BCUT2D eigenvalue weighted by Gasteiger charge is -2.28. The van der Waals surface area contributed by atoms with Gasteiger partial charge >= 0.3 is 5.97 Å². The van der Waals surface area contributed by atoms with Crippen LogP contribution in [0.3, 0.4) is 0 Å². The molecule has 4 heteroatoms. The van der Waals surface area contributed by atoms with Gasteiger partial charge in [0.2, 0.25) is 0 Å². The minimum absolute atomic E-state index is 0.0166. The van der Waals surface area contributed by atoms with E-state index in [2.05, 4.69) is 6.92 Å². The summed E-state index contributed by atoms with van der Waals surface area (Å²) in [5.74, 6) is -0.0503. The molecule has 0 amide bonds. The van der Waals surface area contributed by atoms with Crippen molar-refractivity contribution < 1.29 is 19.0 Å². The lowest BCUT2D eigenvalue weighted by molar-refractivity contribution is -0.158. The van der Waals surface area contributed by atoms with Gasteiger partial charge in [0.15, 0.2) is 0 Å². The van der Waals surface area contributed by atoms with E-state index in [1.165, 1.54) is 0 Å². The summed E-state index contributed by atoms with van der Waals surface area (Å²) in [4.78, 5) is 12.0. The molecule has 18 heavy (non-hydrogen) atoms. The lowest BCUT2D eigenvalue weighted by Crippen LogP contribution is -2.33. The second kappa shape index (κ2) is 6.02. The van der Waals surface area contributed by atoms with Crippen molar-refractivity contribution in [3.8, 4) is 0 Å². The van der Waals surface area contributed by atoms with Gasteiger partial charge in [-0.1, -0.05) is 13.3 Å². The summed E-state index contributed by atoms with van der Waals surface area (Å²) >= 11 is 0. The molecule has 1 saturated heterocycles. The Hall–Kier alpha value is -0.610. The van der Waals surface area contributed by atoms with Crippen LogP contribution in [0, 0.1) is 5.92 Å². The molecule has 2 aliphatic rings. The first-order chi connectivity index (χ1) is 8.69. The number of hydrogen-bond donors (Lipinski definition) is 0. The standard InChI is InChI=1S/C14H24O4/c1-3-4-12-9-11(5-8-17-12)13(15)18-10-14(16-2)6-7-14/h11-12H,3-10H2,1-2H3. The Kier molecular flexibility index (Phi) is 4.62. The average molecular weight is 256 g/mol. The third-order valence-electron chi connectivity index (χ3n) is 4.03. The lowest BCUT2D eigenvalue weighted by atomic mass is 9.93. The van der Waals surface area contributed by atoms with Crippen molar-refractivity contribution in [2.45, 2.75) is 57.2 Å². The van der Waals surface area contributed by atoms with Crippen LogP contribution in [0.5, 0.6) is 0 Å². The molecule has 1 aliphatic carbocycles. The van der Waals surface area contributed by atoms with Crippen molar-refractivity contribution in [2.75, 3.05) is 20.3 Å². The first kappa shape index (κ1) is 13.8. The van der Waals surface area contributed by atoms with Gasteiger partial charge in [-0.3, -0.25) is 4.79 Å². The fourth-order valence-corrected chi connectivity index (χ4v) is 2.48. The third kappa shape index (κ3) is 3.45. The molecule has 1 aliphatic heterocycles. The predicted octanol–water partition coefficient (Wildman–Crippen LogP) is 2.30. The smallest absolute Gasteiger partial charge is 0.309 e. The van der Waals surface area contributed by atoms with Crippen molar-refractivity contribution in [3.05, 3.63) is 0 Å². The third-order valence-corrected chi connectivity index (χ3v) is 4.03. The van der Waals surface area contributed by atoms with Gasteiger partial charge in [-0.05, 0) is 32.1 Å². The molecule has 0 aromatic rings. The predicted molar refractivity (Wildman–Crippen MR) is 67.3 cm³/mol. The summed E-state index contributed by atoms with van der Waals surface area (Å²) in [6.07, 6.45) is 5.97. The maximum atomic E-state index is 12.0. The number of rotatable bonds is 6. The molecule has 0 aromatic carbocycles. The van der Waals surface area contributed by atoms with Crippen molar-refractivity contribution in [1.29, 1.82) is 0 Å². The van der Waals surface area contributed by atoms with Gasteiger partial charge in [-0.25, -0.2) is 0 Å². The normalized spacial score (nSPS) is 29.9. The summed E-state index contributed by atoms with van der Waals surface area (Å²) in [6.45, 7) is 3.23. The molecule has 0 bridgehead atoms. The van der Waals surface area contributed by atoms with Crippen molar-refractivity contribution in [1.82, 2.24) is 0 Å². The van der Waals surface area contributed by atoms with E-state index in [4.69, 9.17) is 14.2 Å². The van der Waals surface area contributed by atoms with E-state index in [0.717, 1.165) is 38.5 Å². The number of hydrogen-bond acceptors (Lipinski definition) is 4. The second-order valence-corrected chi connectivity index (χ2v) is 5.50. The molecule has 2 unspecified atom stereocenters. The SMILES string of the molecule is CCCC1CC(C(=O)OCC2(OC)CC2)CCO1. The first-order valence-corrected chi connectivity index (χ1v) is 7.02. The van der Waals surface area contributed by atoms with Crippen LogP contribution in [0.4, 0.5) is 0 Å². The van der Waals surface area contributed by atoms with E-state index in [9.17, 15) is 4.79 Å². The zero-order chi connectivity index (χ0) is 13.0. The van der Waals surface area contributed by atoms with E-state index in [1.807, 2.05) is 0 Å². The minimum atomic E-state index is -0.163. The molecule has 1 heterocycles. The van der Waals surface area contributed by atoms with E-state index in [0.29, 0.717) is 13.2 Å². The summed E-state index contributed by atoms with van der Waals surface area (Å²) < 4.78 is 16.4. The molecule has 2 atom stereocenters. The Morgan fingerprint density at radius 3 is 2.83 bits per heavy atom. The summed E-state index contributed by atoms with van der Waals surface area (Å²) in [5.41, 5.74) is -0.163. The van der Waals surface area contributed by atoms with Crippen LogP contribution < -0.4 is 0 Å². The summed E-state index contributed by atoms with van der Waals surface area (Å²) in [6, 6.07) is 0. The van der Waals surface area contributed by atoms with Crippen LogP contribution in [-0.2, 0) is 19.0 Å². The van der Waals surface area contributed by atoms with E-state index in [-0.39, 0.29) is 23.6 Å². The molecule has 1 saturated carbocycles. The van der Waals surface area contributed by atoms with Crippen LogP contribution in [0.2, 0.25) is 0 Å². The monoisotopic (exact) mass is 256 g/mol. The Labute approximate surface area is 109 Å². The molecule has 4 nitrogen and oxygen atoms in total. The van der Waals surface area contributed by atoms with Gasteiger partial charge in [-0.15, -0.1) is 0 Å². The maximum Gasteiger partial charge on any atom is 0.309 e. The topological polar surface area (TPSA) is 44.8 Å². The highest BCUT2D eigenvalue weighted by Gasteiger charge is 2.45. The summed E-state index contributed by atoms with van der Waals surface area (Å²) in [7, 11) is 1.69. The van der Waals surface area contributed by atoms with Gasteiger partial charge in [0.25, 0.3) is 0 Å². The number of ether oxygens (including phenoxy) is 3. The zero-order valence-electron chi connectivity index (χ0n) is 11.4. The van der Waals surface area contributed by atoms with E-state index >= 15 is 0 Å². The number of carbonyl (C=O) groups excluding carboxylic acids is 1. The fourth-order valence-electron chi connectivity index (χ4n) is 2.48. The molecule has 0 N–H and O–H groups in total. The number of esters is 1. The highest BCUT2D eigenvalue weighted by Crippen LogP contribution is 2.39. The van der Waals surface area contributed by atoms with Crippen molar-refractivity contribution in [2.24, 2.45) is 5.92 Å². The Balaban J connectivity index is 1.74. The molecular formula is C14H24O4. The Morgan fingerprint density at radius 2 is 2.22 bits per heavy atom. The molecule has 0 aromatic heterocycles. The van der Waals surface area contributed by atoms with Gasteiger partial charge in [0.1, 0.15) is 12.2 Å². The largest absolute Gasteiger partial charge is 0.462 e. The van der Waals surface area contributed by atoms with Gasteiger partial charge in [0, 0.05) is 13.7 Å². The van der Waals surface area contributed by atoms with Gasteiger partial charge in [-0.2, -0.15) is 0 Å².